The van der Waals surface area contributed by atoms with E-state index in [9.17, 15) is 14.4 Å². The van der Waals surface area contributed by atoms with Crippen LogP contribution >= 0.6 is 0 Å². The molecule has 0 bridgehead atoms. The summed E-state index contributed by atoms with van der Waals surface area (Å²) in [4.78, 5) is 38.9. The third kappa shape index (κ3) is 4.61. The van der Waals surface area contributed by atoms with Crippen molar-refractivity contribution in [1.29, 1.82) is 0 Å². The number of carbonyl (C=O) groups excluding carboxylic acids is 3. The molecule has 1 aliphatic heterocycles. The summed E-state index contributed by atoms with van der Waals surface area (Å²) >= 11 is 0. The molecule has 0 radical (unpaired) electrons. The molecule has 2 amide bonds. The molecule has 140 valence electrons. The first-order chi connectivity index (χ1) is 13.1. The van der Waals surface area contributed by atoms with Crippen molar-refractivity contribution in [3.05, 3.63) is 71.3 Å². The number of carbonyl (C=O) groups is 3. The van der Waals surface area contributed by atoms with Gasteiger partial charge in [0, 0.05) is 30.1 Å². The van der Waals surface area contributed by atoms with Gasteiger partial charge in [0.25, 0.3) is 5.91 Å². The van der Waals surface area contributed by atoms with Gasteiger partial charge in [-0.25, -0.2) is 0 Å². The van der Waals surface area contributed by atoms with Crippen molar-refractivity contribution >= 4 is 17.6 Å². The van der Waals surface area contributed by atoms with E-state index in [4.69, 9.17) is 0 Å². The first kappa shape index (κ1) is 18.8. The number of hydrogen-bond acceptors (Lipinski definition) is 3. The molecular formula is C22H24N2O3. The molecule has 0 atom stereocenters. The van der Waals surface area contributed by atoms with E-state index in [2.05, 4.69) is 5.32 Å². The van der Waals surface area contributed by atoms with Gasteiger partial charge in [-0.2, -0.15) is 0 Å². The van der Waals surface area contributed by atoms with Gasteiger partial charge in [-0.15, -0.1) is 0 Å². The summed E-state index contributed by atoms with van der Waals surface area (Å²) in [5.74, 6) is -0.244. The number of likely N-dealkylation sites (tertiary alicyclic amines) is 1. The molecule has 1 fully saturated rings. The number of aryl methyl sites for hydroxylation is 1. The molecule has 1 N–H and O–H groups in total. The highest BCUT2D eigenvalue weighted by molar-refractivity contribution is 5.98. The fourth-order valence-electron chi connectivity index (χ4n) is 3.42. The molecular weight excluding hydrogens is 340 g/mol. The van der Waals surface area contributed by atoms with Gasteiger partial charge in [0.1, 0.15) is 0 Å². The molecule has 0 unspecified atom stereocenters. The van der Waals surface area contributed by atoms with E-state index in [1.165, 1.54) is 0 Å². The number of hydrogen-bond donors (Lipinski definition) is 1. The van der Waals surface area contributed by atoms with Crippen molar-refractivity contribution in [1.82, 2.24) is 10.2 Å². The van der Waals surface area contributed by atoms with Crippen molar-refractivity contribution in [2.24, 2.45) is 5.92 Å². The molecule has 5 heteroatoms. The lowest BCUT2D eigenvalue weighted by atomic mass is 9.89. The highest BCUT2D eigenvalue weighted by Crippen LogP contribution is 2.21. The van der Waals surface area contributed by atoms with Crippen LogP contribution in [0, 0.1) is 12.8 Å². The smallest absolute Gasteiger partial charge is 0.251 e. The van der Waals surface area contributed by atoms with Crippen LogP contribution in [-0.2, 0) is 4.79 Å². The predicted octanol–water partition coefficient (Wildman–Crippen LogP) is 2.85. The van der Waals surface area contributed by atoms with Crippen LogP contribution in [0.15, 0.2) is 54.6 Å². The maximum atomic E-state index is 12.5. The average molecular weight is 364 g/mol. The minimum Gasteiger partial charge on any atom is -0.343 e. The molecule has 0 spiro atoms. The van der Waals surface area contributed by atoms with Gasteiger partial charge in [-0.1, -0.05) is 48.5 Å². The zero-order valence-corrected chi connectivity index (χ0v) is 15.5. The summed E-state index contributed by atoms with van der Waals surface area (Å²) in [6, 6.07) is 16.6. The maximum Gasteiger partial charge on any atom is 0.251 e. The van der Waals surface area contributed by atoms with Gasteiger partial charge in [0.05, 0.1) is 6.54 Å². The Hall–Kier alpha value is -2.95. The lowest BCUT2D eigenvalue weighted by molar-refractivity contribution is -0.131. The van der Waals surface area contributed by atoms with Crippen LogP contribution in [0.2, 0.25) is 0 Å². The quantitative estimate of drug-likeness (QED) is 0.830. The Labute approximate surface area is 159 Å². The molecule has 0 aromatic heterocycles. The molecule has 27 heavy (non-hydrogen) atoms. The number of amides is 2. The monoisotopic (exact) mass is 364 g/mol. The number of nitrogens with one attached hydrogen (secondary N) is 1. The minimum atomic E-state index is -0.240. The number of benzene rings is 2. The van der Waals surface area contributed by atoms with Crippen molar-refractivity contribution in [2.75, 3.05) is 19.6 Å². The van der Waals surface area contributed by atoms with Crippen LogP contribution in [-0.4, -0.2) is 42.1 Å². The van der Waals surface area contributed by atoms with Crippen LogP contribution in [0.4, 0.5) is 0 Å². The number of rotatable bonds is 5. The fraction of sp³-hybridized carbons (Fsp3) is 0.318. The molecule has 3 rings (SSSR count). The average Bonchev–Trinajstić information content (AvgIpc) is 2.72. The molecule has 2 aromatic carbocycles. The summed E-state index contributed by atoms with van der Waals surface area (Å²) in [7, 11) is 0. The lowest BCUT2D eigenvalue weighted by Gasteiger charge is -2.31. The number of nitrogens with zero attached hydrogens (tertiary/aromatic N) is 1. The van der Waals surface area contributed by atoms with E-state index in [-0.39, 0.29) is 30.1 Å². The van der Waals surface area contributed by atoms with E-state index in [1.807, 2.05) is 49.4 Å². The van der Waals surface area contributed by atoms with Crippen molar-refractivity contribution in [3.8, 4) is 0 Å². The molecule has 1 heterocycles. The van der Waals surface area contributed by atoms with Crippen molar-refractivity contribution in [3.63, 3.8) is 0 Å². The molecule has 1 aliphatic rings. The van der Waals surface area contributed by atoms with Crippen LogP contribution < -0.4 is 5.32 Å². The Kier molecular flexibility index (Phi) is 6.01. The first-order valence-corrected chi connectivity index (χ1v) is 9.27. The van der Waals surface area contributed by atoms with Crippen LogP contribution in [0.5, 0.6) is 0 Å². The van der Waals surface area contributed by atoms with E-state index >= 15 is 0 Å². The zero-order valence-electron chi connectivity index (χ0n) is 15.5. The second-order valence-corrected chi connectivity index (χ2v) is 6.88. The first-order valence-electron chi connectivity index (χ1n) is 9.27. The molecule has 5 nitrogen and oxygen atoms in total. The van der Waals surface area contributed by atoms with E-state index < -0.39 is 0 Å². The minimum absolute atomic E-state index is 0.0233. The Morgan fingerprint density at radius 3 is 2.26 bits per heavy atom. The van der Waals surface area contributed by atoms with Gasteiger partial charge in [-0.05, 0) is 31.4 Å². The summed E-state index contributed by atoms with van der Waals surface area (Å²) in [6.07, 6.45) is 1.32. The van der Waals surface area contributed by atoms with E-state index in [1.54, 1.807) is 17.0 Å². The molecule has 1 saturated heterocycles. The molecule has 2 aromatic rings. The second-order valence-electron chi connectivity index (χ2n) is 6.88. The number of ketones is 1. The summed E-state index contributed by atoms with van der Waals surface area (Å²) in [5.41, 5.74) is 2.19. The highest BCUT2D eigenvalue weighted by atomic mass is 16.2. The zero-order chi connectivity index (χ0) is 19.2. The Morgan fingerprint density at radius 2 is 1.59 bits per heavy atom. The summed E-state index contributed by atoms with van der Waals surface area (Å²) < 4.78 is 0. The van der Waals surface area contributed by atoms with Crippen molar-refractivity contribution < 1.29 is 14.4 Å². The predicted molar refractivity (Wildman–Crippen MR) is 104 cm³/mol. The largest absolute Gasteiger partial charge is 0.343 e. The third-order valence-corrected chi connectivity index (χ3v) is 5.07. The van der Waals surface area contributed by atoms with Gasteiger partial charge < -0.3 is 10.2 Å². The van der Waals surface area contributed by atoms with Gasteiger partial charge in [0.15, 0.2) is 5.78 Å². The topological polar surface area (TPSA) is 66.5 Å². The van der Waals surface area contributed by atoms with Crippen molar-refractivity contribution in [2.45, 2.75) is 19.8 Å². The fourth-order valence-corrected chi connectivity index (χ4v) is 3.42. The van der Waals surface area contributed by atoms with Crippen LogP contribution in [0.1, 0.15) is 39.1 Å². The second kappa shape index (κ2) is 8.62. The number of Topliss-reactive ketones (excluding diaryl/α,β-unsaturated/α-hetero) is 1. The van der Waals surface area contributed by atoms with E-state index in [0.29, 0.717) is 31.5 Å². The number of piperidine rings is 1. The summed E-state index contributed by atoms with van der Waals surface area (Å²) in [6.45, 7) is 2.93. The molecule has 0 saturated carbocycles. The van der Waals surface area contributed by atoms with E-state index in [0.717, 1.165) is 11.1 Å². The van der Waals surface area contributed by atoms with Gasteiger partial charge >= 0.3 is 0 Å². The maximum absolute atomic E-state index is 12.5. The van der Waals surface area contributed by atoms with Gasteiger partial charge in [-0.3, -0.25) is 14.4 Å². The Balaban J connectivity index is 1.48. The SMILES string of the molecule is Cc1ccccc1C(=O)NCC(=O)N1CCC(C(=O)c2ccccc2)CC1. The highest BCUT2D eigenvalue weighted by Gasteiger charge is 2.27. The van der Waals surface area contributed by atoms with Crippen LogP contribution in [0.3, 0.4) is 0 Å². The standard InChI is InChI=1S/C22H24N2O3/c1-16-7-5-6-10-19(16)22(27)23-15-20(25)24-13-11-18(12-14-24)21(26)17-8-3-2-4-9-17/h2-10,18H,11-15H2,1H3,(H,23,27). The van der Waals surface area contributed by atoms with Crippen LogP contribution in [0.25, 0.3) is 0 Å². The normalized spacial score (nSPS) is 14.6. The van der Waals surface area contributed by atoms with Gasteiger partial charge in [0.2, 0.25) is 5.91 Å². The Morgan fingerprint density at radius 1 is 0.963 bits per heavy atom. The summed E-state index contributed by atoms with van der Waals surface area (Å²) in [5, 5.41) is 2.70. The molecule has 0 aliphatic carbocycles. The Bertz CT molecular complexity index is 824. The lowest BCUT2D eigenvalue weighted by Crippen LogP contribution is -2.45. The third-order valence-electron chi connectivity index (χ3n) is 5.07.